The van der Waals surface area contributed by atoms with Crippen LogP contribution in [0, 0.1) is 0 Å². The zero-order chi connectivity index (χ0) is 22.0. The molecule has 10 heteroatoms. The first-order chi connectivity index (χ1) is 14.8. The van der Waals surface area contributed by atoms with Gasteiger partial charge in [0.15, 0.2) is 11.5 Å². The Morgan fingerprint density at radius 1 is 1.03 bits per heavy atom. The molecule has 0 aliphatic rings. The van der Waals surface area contributed by atoms with Crippen molar-refractivity contribution >= 4 is 16.7 Å². The molecular weight excluding hydrogens is 409 g/mol. The molecule has 4 aromatic rings. The predicted molar refractivity (Wildman–Crippen MR) is 109 cm³/mol. The maximum Gasteiger partial charge on any atom is 0.433 e. The van der Waals surface area contributed by atoms with Crippen molar-refractivity contribution in [2.24, 2.45) is 0 Å². The Morgan fingerprint density at radius 3 is 2.48 bits per heavy atom. The lowest BCUT2D eigenvalue weighted by atomic mass is 10.2. The highest BCUT2D eigenvalue weighted by Crippen LogP contribution is 2.31. The number of pyridine rings is 1. The first kappa shape index (κ1) is 20.5. The molecule has 0 fully saturated rings. The van der Waals surface area contributed by atoms with Crippen LogP contribution in [-0.2, 0) is 12.7 Å². The maximum absolute atomic E-state index is 13.5. The number of halogens is 3. The fourth-order valence-corrected chi connectivity index (χ4v) is 3.12. The number of anilines is 1. The van der Waals surface area contributed by atoms with E-state index < -0.39 is 11.9 Å². The van der Waals surface area contributed by atoms with Crippen LogP contribution in [0.1, 0.15) is 18.4 Å². The van der Waals surface area contributed by atoms with Crippen LogP contribution in [0.3, 0.4) is 0 Å². The number of para-hydroxylation sites is 1. The number of fused-ring (bicyclic) bond motifs is 1. The molecule has 1 N–H and O–H groups in total. The summed E-state index contributed by atoms with van der Waals surface area (Å²) in [6.45, 7) is 2.18. The molecule has 1 aromatic carbocycles. The average molecular weight is 426 g/mol. The molecule has 31 heavy (non-hydrogen) atoms. The number of benzene rings is 1. The molecule has 0 atom stereocenters. The van der Waals surface area contributed by atoms with Crippen LogP contribution in [0.25, 0.3) is 22.3 Å². The van der Waals surface area contributed by atoms with Gasteiger partial charge in [-0.3, -0.25) is 9.78 Å². The SMILES string of the molecule is CCN(Cc1nc2ccccc2c(=O)[nH]1)c1cc(C(F)(F)F)nc(-c2ccncc2)n1. The standard InChI is InChI=1S/C21H17F3N6O/c1-2-30(12-17-26-15-6-4-3-5-14(15)20(31)28-17)18-11-16(21(22,23)24)27-19(29-18)13-7-9-25-10-8-13/h3-11H,2,12H2,1H3,(H,26,28,31). The Morgan fingerprint density at radius 2 is 1.77 bits per heavy atom. The summed E-state index contributed by atoms with van der Waals surface area (Å²) >= 11 is 0. The Kier molecular flexibility index (Phi) is 5.37. The summed E-state index contributed by atoms with van der Waals surface area (Å²) in [4.78, 5) is 33.0. The van der Waals surface area contributed by atoms with Crippen LogP contribution >= 0.6 is 0 Å². The van der Waals surface area contributed by atoms with Gasteiger partial charge in [-0.15, -0.1) is 0 Å². The van der Waals surface area contributed by atoms with Gasteiger partial charge in [0.2, 0.25) is 0 Å². The Balaban J connectivity index is 1.77. The summed E-state index contributed by atoms with van der Waals surface area (Å²) in [6.07, 6.45) is -1.73. The first-order valence-electron chi connectivity index (χ1n) is 9.44. The average Bonchev–Trinajstić information content (AvgIpc) is 2.77. The predicted octanol–water partition coefficient (Wildman–Crippen LogP) is 3.82. The van der Waals surface area contributed by atoms with E-state index in [0.717, 1.165) is 6.07 Å². The summed E-state index contributed by atoms with van der Waals surface area (Å²) in [5.74, 6) is 0.335. The number of H-pyrrole nitrogens is 1. The molecule has 0 saturated heterocycles. The third kappa shape index (κ3) is 4.37. The Hall–Kier alpha value is -3.82. The second kappa shape index (κ2) is 8.13. The van der Waals surface area contributed by atoms with Gasteiger partial charge < -0.3 is 9.88 Å². The fraction of sp³-hybridized carbons (Fsp3) is 0.190. The minimum atomic E-state index is -4.64. The molecule has 0 spiro atoms. The van der Waals surface area contributed by atoms with Gasteiger partial charge in [-0.2, -0.15) is 13.2 Å². The quantitative estimate of drug-likeness (QED) is 0.522. The van der Waals surface area contributed by atoms with Gasteiger partial charge in [0, 0.05) is 30.6 Å². The third-order valence-electron chi connectivity index (χ3n) is 4.65. The van der Waals surface area contributed by atoms with E-state index in [-0.39, 0.29) is 23.7 Å². The largest absolute Gasteiger partial charge is 0.433 e. The smallest absolute Gasteiger partial charge is 0.349 e. The molecule has 158 valence electrons. The van der Waals surface area contributed by atoms with Crippen molar-refractivity contribution in [3.05, 3.63) is 76.7 Å². The summed E-state index contributed by atoms with van der Waals surface area (Å²) < 4.78 is 40.5. The summed E-state index contributed by atoms with van der Waals surface area (Å²) in [5.41, 5.74) is -0.445. The lowest BCUT2D eigenvalue weighted by Gasteiger charge is -2.23. The molecular formula is C21H17F3N6O. The normalized spacial score (nSPS) is 11.6. The highest BCUT2D eigenvalue weighted by molar-refractivity contribution is 5.77. The van der Waals surface area contributed by atoms with E-state index in [1.165, 1.54) is 24.5 Å². The van der Waals surface area contributed by atoms with Gasteiger partial charge in [0.05, 0.1) is 17.4 Å². The van der Waals surface area contributed by atoms with E-state index >= 15 is 0 Å². The van der Waals surface area contributed by atoms with Crippen molar-refractivity contribution in [2.75, 3.05) is 11.4 Å². The van der Waals surface area contributed by atoms with Crippen molar-refractivity contribution in [1.29, 1.82) is 0 Å². The van der Waals surface area contributed by atoms with Crippen molar-refractivity contribution < 1.29 is 13.2 Å². The third-order valence-corrected chi connectivity index (χ3v) is 4.65. The maximum atomic E-state index is 13.5. The number of hydrogen-bond acceptors (Lipinski definition) is 6. The van der Waals surface area contributed by atoms with Gasteiger partial charge in [-0.1, -0.05) is 12.1 Å². The van der Waals surface area contributed by atoms with Gasteiger partial charge >= 0.3 is 6.18 Å². The van der Waals surface area contributed by atoms with E-state index in [1.54, 1.807) is 36.1 Å². The highest BCUT2D eigenvalue weighted by Gasteiger charge is 2.34. The van der Waals surface area contributed by atoms with Crippen LogP contribution in [-0.4, -0.2) is 31.5 Å². The number of rotatable bonds is 5. The molecule has 0 unspecified atom stereocenters. The molecule has 4 rings (SSSR count). The monoisotopic (exact) mass is 426 g/mol. The summed E-state index contributed by atoms with van der Waals surface area (Å²) in [5, 5.41) is 0.440. The highest BCUT2D eigenvalue weighted by atomic mass is 19.4. The van der Waals surface area contributed by atoms with Crippen LogP contribution in [0.2, 0.25) is 0 Å². The number of alkyl halides is 3. The fourth-order valence-electron chi connectivity index (χ4n) is 3.12. The minimum Gasteiger partial charge on any atom is -0.349 e. The van der Waals surface area contributed by atoms with E-state index in [9.17, 15) is 18.0 Å². The van der Waals surface area contributed by atoms with E-state index in [4.69, 9.17) is 0 Å². The van der Waals surface area contributed by atoms with E-state index in [1.807, 2.05) is 0 Å². The van der Waals surface area contributed by atoms with Gasteiger partial charge in [-0.25, -0.2) is 15.0 Å². The molecule has 7 nitrogen and oxygen atoms in total. The molecule has 0 bridgehead atoms. The lowest BCUT2D eigenvalue weighted by Crippen LogP contribution is -2.27. The number of nitrogens with zero attached hydrogens (tertiary/aromatic N) is 5. The topological polar surface area (TPSA) is 87.7 Å². The summed E-state index contributed by atoms with van der Waals surface area (Å²) in [6, 6.07) is 10.8. The first-order valence-corrected chi connectivity index (χ1v) is 9.44. The number of aromatic amines is 1. The van der Waals surface area contributed by atoms with Crippen molar-refractivity contribution in [1.82, 2.24) is 24.9 Å². The molecule has 3 aromatic heterocycles. The van der Waals surface area contributed by atoms with Crippen LogP contribution in [0.5, 0.6) is 0 Å². The zero-order valence-corrected chi connectivity index (χ0v) is 16.4. The molecule has 0 aliphatic heterocycles. The van der Waals surface area contributed by atoms with Gasteiger partial charge in [0.25, 0.3) is 5.56 Å². The van der Waals surface area contributed by atoms with E-state index in [2.05, 4.69) is 24.9 Å². The zero-order valence-electron chi connectivity index (χ0n) is 16.4. The number of aromatic nitrogens is 5. The van der Waals surface area contributed by atoms with Crippen LogP contribution < -0.4 is 10.5 Å². The summed E-state index contributed by atoms with van der Waals surface area (Å²) in [7, 11) is 0. The Bertz CT molecular complexity index is 1270. The molecule has 0 radical (unpaired) electrons. The van der Waals surface area contributed by atoms with E-state index in [0.29, 0.717) is 28.8 Å². The second-order valence-corrected chi connectivity index (χ2v) is 6.71. The van der Waals surface area contributed by atoms with Crippen LogP contribution in [0.15, 0.2) is 59.7 Å². The number of nitrogens with one attached hydrogen (secondary N) is 1. The van der Waals surface area contributed by atoms with Gasteiger partial charge in [0.1, 0.15) is 11.6 Å². The lowest BCUT2D eigenvalue weighted by molar-refractivity contribution is -0.141. The van der Waals surface area contributed by atoms with Gasteiger partial charge in [-0.05, 0) is 31.2 Å². The molecule has 0 amide bonds. The molecule has 0 aliphatic carbocycles. The van der Waals surface area contributed by atoms with Crippen LogP contribution in [0.4, 0.5) is 19.0 Å². The second-order valence-electron chi connectivity index (χ2n) is 6.71. The van der Waals surface area contributed by atoms with Crippen molar-refractivity contribution in [3.8, 4) is 11.4 Å². The Labute approximate surface area is 174 Å². The molecule has 3 heterocycles. The van der Waals surface area contributed by atoms with Crippen molar-refractivity contribution in [3.63, 3.8) is 0 Å². The molecule has 0 saturated carbocycles. The number of hydrogen-bond donors (Lipinski definition) is 1. The van der Waals surface area contributed by atoms with Crippen molar-refractivity contribution in [2.45, 2.75) is 19.6 Å². The minimum absolute atomic E-state index is 0.0642.